The Balaban J connectivity index is 1.71. The summed E-state index contributed by atoms with van der Waals surface area (Å²) in [5.41, 5.74) is 2.21. The van der Waals surface area contributed by atoms with Gasteiger partial charge in [-0.3, -0.25) is 9.59 Å². The van der Waals surface area contributed by atoms with Crippen LogP contribution in [0, 0.1) is 3.57 Å². The van der Waals surface area contributed by atoms with Crippen LogP contribution in [0.2, 0.25) is 5.02 Å². The summed E-state index contributed by atoms with van der Waals surface area (Å²) in [5, 5.41) is 6.12. The highest BCUT2D eigenvalue weighted by atomic mass is 127. The van der Waals surface area contributed by atoms with Crippen molar-refractivity contribution in [1.29, 1.82) is 0 Å². The molecule has 4 nitrogen and oxygen atoms in total. The van der Waals surface area contributed by atoms with E-state index in [1.165, 1.54) is 0 Å². The molecule has 0 spiro atoms. The van der Waals surface area contributed by atoms with Gasteiger partial charge in [-0.1, -0.05) is 23.7 Å². The Hall–Kier alpha value is -2.38. The summed E-state index contributed by atoms with van der Waals surface area (Å²) in [6.07, 6.45) is 0. The van der Waals surface area contributed by atoms with Gasteiger partial charge < -0.3 is 10.6 Å². The monoisotopic (exact) mass is 476 g/mol. The summed E-state index contributed by atoms with van der Waals surface area (Å²) in [5.74, 6) is -0.478. The Kier molecular flexibility index (Phi) is 5.90. The van der Waals surface area contributed by atoms with E-state index < -0.39 is 0 Å². The van der Waals surface area contributed by atoms with Gasteiger partial charge in [0.2, 0.25) is 0 Å². The molecule has 3 aromatic rings. The van der Waals surface area contributed by atoms with Crippen LogP contribution in [0.3, 0.4) is 0 Å². The summed E-state index contributed by atoms with van der Waals surface area (Å²) in [7, 11) is 0. The molecule has 0 aliphatic carbocycles. The van der Waals surface area contributed by atoms with Gasteiger partial charge in [0.25, 0.3) is 11.8 Å². The molecule has 26 heavy (non-hydrogen) atoms. The maximum Gasteiger partial charge on any atom is 0.255 e. The van der Waals surface area contributed by atoms with E-state index in [4.69, 9.17) is 11.6 Å². The van der Waals surface area contributed by atoms with Gasteiger partial charge in [0, 0.05) is 31.1 Å². The minimum absolute atomic E-state index is 0.209. The Morgan fingerprint density at radius 3 is 1.92 bits per heavy atom. The standard InChI is InChI=1S/C20H14ClIN2O2/c21-15-4-1-3-14(11-15)20(26)24-18-6-2-5-17(12-18)23-19(25)13-7-9-16(22)10-8-13/h1-12H,(H,23,25)(H,24,26). The first-order valence-corrected chi connectivity index (χ1v) is 9.21. The summed E-state index contributed by atoms with van der Waals surface area (Å²) in [6, 6.07) is 21.0. The third kappa shape index (κ3) is 4.83. The maximum absolute atomic E-state index is 12.3. The number of rotatable bonds is 4. The van der Waals surface area contributed by atoms with Gasteiger partial charge in [0.15, 0.2) is 0 Å². The molecule has 0 bridgehead atoms. The van der Waals surface area contributed by atoms with Gasteiger partial charge in [0.05, 0.1) is 0 Å². The van der Waals surface area contributed by atoms with Gasteiger partial charge in [-0.25, -0.2) is 0 Å². The first kappa shape index (κ1) is 18.4. The summed E-state index contributed by atoms with van der Waals surface area (Å²) in [6.45, 7) is 0. The van der Waals surface area contributed by atoms with Crippen LogP contribution in [0.4, 0.5) is 11.4 Å². The second-order valence-corrected chi connectivity index (χ2v) is 7.19. The van der Waals surface area contributed by atoms with Gasteiger partial charge in [-0.15, -0.1) is 0 Å². The molecule has 0 saturated carbocycles. The van der Waals surface area contributed by atoms with Crippen LogP contribution in [0.25, 0.3) is 0 Å². The highest BCUT2D eigenvalue weighted by molar-refractivity contribution is 14.1. The Morgan fingerprint density at radius 2 is 1.31 bits per heavy atom. The number of halogens is 2. The predicted molar refractivity (Wildman–Crippen MR) is 113 cm³/mol. The van der Waals surface area contributed by atoms with E-state index in [0.29, 0.717) is 27.5 Å². The fourth-order valence-corrected chi connectivity index (χ4v) is 2.86. The fourth-order valence-electron chi connectivity index (χ4n) is 2.31. The zero-order valence-electron chi connectivity index (χ0n) is 13.5. The summed E-state index contributed by atoms with van der Waals surface area (Å²) < 4.78 is 1.06. The van der Waals surface area contributed by atoms with Crippen molar-refractivity contribution in [3.05, 3.63) is 92.5 Å². The van der Waals surface area contributed by atoms with E-state index in [2.05, 4.69) is 33.2 Å². The Bertz CT molecular complexity index is 958. The topological polar surface area (TPSA) is 58.2 Å². The van der Waals surface area contributed by atoms with Crippen LogP contribution in [-0.2, 0) is 0 Å². The van der Waals surface area contributed by atoms with Crippen LogP contribution in [0.5, 0.6) is 0 Å². The highest BCUT2D eigenvalue weighted by Crippen LogP contribution is 2.18. The smallest absolute Gasteiger partial charge is 0.255 e. The quantitative estimate of drug-likeness (QED) is 0.492. The van der Waals surface area contributed by atoms with Crippen molar-refractivity contribution >= 4 is 57.4 Å². The number of anilines is 2. The van der Waals surface area contributed by atoms with Crippen molar-refractivity contribution < 1.29 is 9.59 Å². The number of carbonyl (C=O) groups excluding carboxylic acids is 2. The largest absolute Gasteiger partial charge is 0.322 e. The minimum Gasteiger partial charge on any atom is -0.322 e. The minimum atomic E-state index is -0.270. The molecule has 3 rings (SSSR count). The van der Waals surface area contributed by atoms with Gasteiger partial charge in [-0.2, -0.15) is 0 Å². The van der Waals surface area contributed by atoms with Crippen LogP contribution in [-0.4, -0.2) is 11.8 Å². The zero-order valence-corrected chi connectivity index (χ0v) is 16.4. The second kappa shape index (κ2) is 8.33. The fraction of sp³-hybridized carbons (Fsp3) is 0. The first-order chi connectivity index (χ1) is 12.5. The van der Waals surface area contributed by atoms with Crippen molar-refractivity contribution in [1.82, 2.24) is 0 Å². The molecule has 0 fully saturated rings. The number of carbonyl (C=O) groups is 2. The third-order valence-corrected chi connectivity index (χ3v) is 4.53. The normalized spacial score (nSPS) is 10.2. The lowest BCUT2D eigenvalue weighted by molar-refractivity contribution is 0.101. The van der Waals surface area contributed by atoms with Gasteiger partial charge in [0.1, 0.15) is 0 Å². The lowest BCUT2D eigenvalue weighted by Crippen LogP contribution is -2.14. The summed E-state index contributed by atoms with van der Waals surface area (Å²) >= 11 is 8.10. The highest BCUT2D eigenvalue weighted by Gasteiger charge is 2.09. The van der Waals surface area contributed by atoms with Crippen molar-refractivity contribution in [3.8, 4) is 0 Å². The lowest BCUT2D eigenvalue weighted by Gasteiger charge is -2.09. The molecule has 130 valence electrons. The Morgan fingerprint density at radius 1 is 0.731 bits per heavy atom. The van der Waals surface area contributed by atoms with Crippen molar-refractivity contribution in [2.45, 2.75) is 0 Å². The number of hydrogen-bond donors (Lipinski definition) is 2. The number of hydrogen-bond acceptors (Lipinski definition) is 2. The van der Waals surface area contributed by atoms with Crippen molar-refractivity contribution in [2.24, 2.45) is 0 Å². The molecule has 0 atom stereocenters. The molecule has 0 saturated heterocycles. The van der Waals surface area contributed by atoms with Crippen LogP contribution in [0.1, 0.15) is 20.7 Å². The van der Waals surface area contributed by atoms with Crippen molar-refractivity contribution in [3.63, 3.8) is 0 Å². The van der Waals surface area contributed by atoms with Crippen molar-refractivity contribution in [2.75, 3.05) is 10.6 Å². The van der Waals surface area contributed by atoms with E-state index in [-0.39, 0.29) is 11.8 Å². The molecule has 6 heteroatoms. The van der Waals surface area contributed by atoms with Crippen LogP contribution in [0.15, 0.2) is 72.8 Å². The van der Waals surface area contributed by atoms with E-state index in [1.807, 2.05) is 12.1 Å². The van der Waals surface area contributed by atoms with Gasteiger partial charge in [-0.05, 0) is 83.3 Å². The zero-order chi connectivity index (χ0) is 18.5. The average molecular weight is 477 g/mol. The van der Waals surface area contributed by atoms with E-state index in [1.54, 1.807) is 60.7 Å². The molecule has 2 N–H and O–H groups in total. The van der Waals surface area contributed by atoms with Crippen LogP contribution < -0.4 is 10.6 Å². The van der Waals surface area contributed by atoms with Crippen LogP contribution >= 0.6 is 34.2 Å². The molecule has 0 aliphatic rings. The molecule has 0 aliphatic heterocycles. The SMILES string of the molecule is O=C(Nc1cccc(NC(=O)c2cccc(Cl)c2)c1)c1ccc(I)cc1. The molecule has 0 radical (unpaired) electrons. The molecule has 3 aromatic carbocycles. The number of benzene rings is 3. The first-order valence-electron chi connectivity index (χ1n) is 7.75. The maximum atomic E-state index is 12.3. The number of nitrogens with one attached hydrogen (secondary N) is 2. The summed E-state index contributed by atoms with van der Waals surface area (Å²) in [4.78, 5) is 24.6. The predicted octanol–water partition coefficient (Wildman–Crippen LogP) is 5.45. The molecular weight excluding hydrogens is 463 g/mol. The molecule has 0 unspecified atom stereocenters. The molecular formula is C20H14ClIN2O2. The molecule has 0 aromatic heterocycles. The number of amides is 2. The molecule has 0 heterocycles. The second-order valence-electron chi connectivity index (χ2n) is 5.51. The average Bonchev–Trinajstić information content (AvgIpc) is 2.62. The molecule has 2 amide bonds. The Labute approximate surface area is 169 Å². The van der Waals surface area contributed by atoms with E-state index in [0.717, 1.165) is 3.57 Å². The van der Waals surface area contributed by atoms with E-state index in [9.17, 15) is 9.59 Å². The third-order valence-electron chi connectivity index (χ3n) is 3.57. The van der Waals surface area contributed by atoms with Gasteiger partial charge >= 0.3 is 0 Å². The van der Waals surface area contributed by atoms with E-state index >= 15 is 0 Å². The lowest BCUT2D eigenvalue weighted by atomic mass is 10.2.